The van der Waals surface area contributed by atoms with Gasteiger partial charge in [0.25, 0.3) is 0 Å². The second-order valence-electron chi connectivity index (χ2n) is 3.48. The van der Waals surface area contributed by atoms with Gasteiger partial charge in [-0.05, 0) is 12.0 Å². The Kier molecular flexibility index (Phi) is 2.62. The van der Waals surface area contributed by atoms with Gasteiger partial charge in [0.15, 0.2) is 0 Å². The maximum Gasteiger partial charge on any atom is 0.0851 e. The van der Waals surface area contributed by atoms with E-state index >= 15 is 0 Å². The molecule has 1 fully saturated rings. The minimum Gasteiger partial charge on any atom is -0.378 e. The highest BCUT2D eigenvalue weighted by molar-refractivity contribution is 5.17. The molecule has 2 atom stereocenters. The van der Waals surface area contributed by atoms with Crippen LogP contribution < -0.4 is 5.32 Å². The van der Waals surface area contributed by atoms with Gasteiger partial charge in [0.1, 0.15) is 0 Å². The summed E-state index contributed by atoms with van der Waals surface area (Å²) in [5.74, 6) is 0. The first kappa shape index (κ1) is 8.73. The Morgan fingerprint density at radius 3 is 2.69 bits per heavy atom. The highest BCUT2D eigenvalue weighted by Gasteiger charge is 2.29. The monoisotopic (exact) mass is 177 g/mol. The molecule has 0 radical (unpaired) electrons. The van der Waals surface area contributed by atoms with Crippen LogP contribution in [0, 0.1) is 0 Å². The quantitative estimate of drug-likeness (QED) is 0.749. The van der Waals surface area contributed by atoms with Gasteiger partial charge in [-0.25, -0.2) is 0 Å². The maximum absolute atomic E-state index is 5.31. The summed E-state index contributed by atoms with van der Waals surface area (Å²) >= 11 is 0. The average molecular weight is 177 g/mol. The Bertz CT molecular complexity index is 258. The van der Waals surface area contributed by atoms with Crippen molar-refractivity contribution >= 4 is 0 Å². The standard InChI is InChI=1S/C11H15NO/c1-13-11-8-12-10(11)7-9-5-3-2-4-6-9/h2-6,10-12H,7-8H2,1H3/t10-,11?/m0/s1. The van der Waals surface area contributed by atoms with Crippen molar-refractivity contribution in [2.45, 2.75) is 18.6 Å². The summed E-state index contributed by atoms with van der Waals surface area (Å²) in [7, 11) is 1.78. The van der Waals surface area contributed by atoms with E-state index in [4.69, 9.17) is 4.74 Å². The van der Waals surface area contributed by atoms with E-state index < -0.39 is 0 Å². The Labute approximate surface area is 78.9 Å². The van der Waals surface area contributed by atoms with E-state index in [-0.39, 0.29) is 0 Å². The minimum absolute atomic E-state index is 0.403. The molecule has 0 aromatic heterocycles. The zero-order chi connectivity index (χ0) is 9.10. The first-order chi connectivity index (χ1) is 6.40. The smallest absolute Gasteiger partial charge is 0.0851 e. The molecule has 0 amide bonds. The van der Waals surface area contributed by atoms with Gasteiger partial charge < -0.3 is 10.1 Å². The molecule has 0 aliphatic carbocycles. The van der Waals surface area contributed by atoms with Crippen molar-refractivity contribution in [3.63, 3.8) is 0 Å². The molecule has 2 rings (SSSR count). The lowest BCUT2D eigenvalue weighted by Crippen LogP contribution is -2.59. The van der Waals surface area contributed by atoms with Gasteiger partial charge in [-0.2, -0.15) is 0 Å². The normalized spacial score (nSPS) is 26.8. The largest absolute Gasteiger partial charge is 0.378 e. The Hall–Kier alpha value is -0.860. The zero-order valence-electron chi connectivity index (χ0n) is 7.86. The maximum atomic E-state index is 5.31. The van der Waals surface area contributed by atoms with Crippen molar-refractivity contribution in [1.82, 2.24) is 5.32 Å². The molecule has 1 aliphatic rings. The summed E-state index contributed by atoms with van der Waals surface area (Å²) in [4.78, 5) is 0. The number of benzene rings is 1. The molecule has 1 heterocycles. The van der Waals surface area contributed by atoms with E-state index in [9.17, 15) is 0 Å². The molecular weight excluding hydrogens is 162 g/mol. The molecule has 1 aromatic carbocycles. The fraction of sp³-hybridized carbons (Fsp3) is 0.455. The second-order valence-corrected chi connectivity index (χ2v) is 3.48. The number of hydrogen-bond acceptors (Lipinski definition) is 2. The predicted octanol–water partition coefficient (Wildman–Crippen LogP) is 1.22. The summed E-state index contributed by atoms with van der Waals surface area (Å²) in [6.45, 7) is 0.994. The van der Waals surface area contributed by atoms with Crippen LogP contribution in [0.1, 0.15) is 5.56 Å². The molecule has 1 unspecified atom stereocenters. The van der Waals surface area contributed by atoms with Gasteiger partial charge in [-0.3, -0.25) is 0 Å². The van der Waals surface area contributed by atoms with Crippen molar-refractivity contribution in [3.05, 3.63) is 35.9 Å². The molecule has 2 nitrogen and oxygen atoms in total. The number of ether oxygens (including phenoxy) is 1. The van der Waals surface area contributed by atoms with Crippen molar-refractivity contribution in [2.24, 2.45) is 0 Å². The van der Waals surface area contributed by atoms with Gasteiger partial charge in [0.2, 0.25) is 0 Å². The summed E-state index contributed by atoms with van der Waals surface area (Å²) in [6.07, 6.45) is 1.47. The molecule has 13 heavy (non-hydrogen) atoms. The number of hydrogen-bond donors (Lipinski definition) is 1. The van der Waals surface area contributed by atoms with E-state index in [1.807, 2.05) is 6.07 Å². The summed E-state index contributed by atoms with van der Waals surface area (Å²) in [5.41, 5.74) is 1.38. The SMILES string of the molecule is COC1CN[C@H]1Cc1ccccc1. The molecular formula is C11H15NO. The van der Waals surface area contributed by atoms with Crippen molar-refractivity contribution in [3.8, 4) is 0 Å². The minimum atomic E-state index is 0.403. The van der Waals surface area contributed by atoms with Gasteiger partial charge in [-0.1, -0.05) is 30.3 Å². The molecule has 0 bridgehead atoms. The van der Waals surface area contributed by atoms with E-state index in [0.29, 0.717) is 12.1 Å². The van der Waals surface area contributed by atoms with Crippen LogP contribution in [0.2, 0.25) is 0 Å². The van der Waals surface area contributed by atoms with Crippen molar-refractivity contribution in [1.29, 1.82) is 0 Å². The average Bonchev–Trinajstić information content (AvgIpc) is 2.15. The van der Waals surface area contributed by atoms with Gasteiger partial charge >= 0.3 is 0 Å². The van der Waals surface area contributed by atoms with Crippen LogP contribution in [0.3, 0.4) is 0 Å². The van der Waals surface area contributed by atoms with Crippen molar-refractivity contribution in [2.75, 3.05) is 13.7 Å². The van der Waals surface area contributed by atoms with Gasteiger partial charge in [-0.15, -0.1) is 0 Å². The number of methoxy groups -OCH3 is 1. The molecule has 0 spiro atoms. The lowest BCUT2D eigenvalue weighted by molar-refractivity contribution is 0.0163. The van der Waals surface area contributed by atoms with Crippen molar-refractivity contribution < 1.29 is 4.74 Å². The Morgan fingerprint density at radius 2 is 2.15 bits per heavy atom. The van der Waals surface area contributed by atoms with Crippen LogP contribution in [0.25, 0.3) is 0 Å². The zero-order valence-corrected chi connectivity index (χ0v) is 7.86. The fourth-order valence-electron chi connectivity index (χ4n) is 1.70. The van der Waals surface area contributed by atoms with Crippen LogP contribution in [-0.4, -0.2) is 25.8 Å². The van der Waals surface area contributed by atoms with Crippen LogP contribution in [-0.2, 0) is 11.2 Å². The number of nitrogens with one attached hydrogen (secondary N) is 1. The highest BCUT2D eigenvalue weighted by atomic mass is 16.5. The third-order valence-corrected chi connectivity index (χ3v) is 2.63. The molecule has 70 valence electrons. The van der Waals surface area contributed by atoms with Gasteiger partial charge in [0.05, 0.1) is 6.10 Å². The molecule has 1 aromatic rings. The molecule has 1 aliphatic heterocycles. The topological polar surface area (TPSA) is 21.3 Å². The van der Waals surface area contributed by atoms with Crippen LogP contribution in [0.15, 0.2) is 30.3 Å². The van der Waals surface area contributed by atoms with E-state index in [1.54, 1.807) is 7.11 Å². The predicted molar refractivity (Wildman–Crippen MR) is 52.7 cm³/mol. The summed E-state index contributed by atoms with van der Waals surface area (Å²) in [5, 5.41) is 3.37. The third kappa shape index (κ3) is 1.90. The third-order valence-electron chi connectivity index (χ3n) is 2.63. The van der Waals surface area contributed by atoms with Gasteiger partial charge in [0, 0.05) is 19.7 Å². The van der Waals surface area contributed by atoms with Crippen LogP contribution >= 0.6 is 0 Å². The molecule has 1 N–H and O–H groups in total. The van der Waals surface area contributed by atoms with E-state index in [1.165, 1.54) is 5.56 Å². The lowest BCUT2D eigenvalue weighted by Gasteiger charge is -2.37. The summed E-state index contributed by atoms with van der Waals surface area (Å²) < 4.78 is 5.31. The first-order valence-corrected chi connectivity index (χ1v) is 4.70. The fourth-order valence-corrected chi connectivity index (χ4v) is 1.70. The van der Waals surface area contributed by atoms with Crippen LogP contribution in [0.4, 0.5) is 0 Å². The Morgan fingerprint density at radius 1 is 1.38 bits per heavy atom. The summed E-state index contributed by atoms with van der Waals surface area (Å²) in [6, 6.07) is 11.0. The van der Waals surface area contributed by atoms with E-state index in [2.05, 4.69) is 29.6 Å². The van der Waals surface area contributed by atoms with Crippen LogP contribution in [0.5, 0.6) is 0 Å². The number of rotatable bonds is 3. The first-order valence-electron chi connectivity index (χ1n) is 4.70. The molecule has 1 saturated heterocycles. The van der Waals surface area contributed by atoms with E-state index in [0.717, 1.165) is 13.0 Å². The lowest BCUT2D eigenvalue weighted by atomic mass is 9.95. The highest BCUT2D eigenvalue weighted by Crippen LogP contribution is 2.13. The Balaban J connectivity index is 1.92. The molecule has 2 heteroatoms. The second kappa shape index (κ2) is 3.90. The molecule has 0 saturated carbocycles.